The van der Waals surface area contributed by atoms with Gasteiger partial charge in [-0.05, 0) is 13.8 Å². The molecule has 0 aromatic carbocycles. The predicted molar refractivity (Wildman–Crippen MR) is 56.4 cm³/mol. The van der Waals surface area contributed by atoms with E-state index in [1.165, 1.54) is 0 Å². The molecule has 0 rings (SSSR count). The smallest absolute Gasteiger partial charge is 0.224 e. The number of hydrogen-bond donors (Lipinski definition) is 3. The maximum Gasteiger partial charge on any atom is 0.224 e. The lowest BCUT2D eigenvalue weighted by atomic mass is 10.3. The van der Waals surface area contributed by atoms with Gasteiger partial charge in [0.2, 0.25) is 11.9 Å². The average Bonchev–Trinajstić information content (AvgIpc) is 2.19. The Bertz CT molecular complexity index is 200. The lowest BCUT2D eigenvalue weighted by Crippen LogP contribution is -2.37. The zero-order valence-corrected chi connectivity index (χ0v) is 8.79. The summed E-state index contributed by atoms with van der Waals surface area (Å²) in [6.07, 6.45) is 0.365. The number of nitrogens with one attached hydrogen (secondary N) is 1. The van der Waals surface area contributed by atoms with Crippen LogP contribution in [-0.4, -0.2) is 36.4 Å². The number of carbonyl (C=O) groups is 1. The minimum absolute atomic E-state index is 0.0866. The molecule has 0 radical (unpaired) electrons. The van der Waals surface area contributed by atoms with E-state index in [2.05, 4.69) is 10.4 Å². The van der Waals surface area contributed by atoms with Gasteiger partial charge in [-0.15, -0.1) is 0 Å². The maximum atomic E-state index is 11.4. The van der Waals surface area contributed by atoms with Gasteiger partial charge < -0.3 is 10.6 Å². The summed E-state index contributed by atoms with van der Waals surface area (Å²) in [5.74, 6) is 5.24. The van der Waals surface area contributed by atoms with Crippen molar-refractivity contribution in [3.8, 4) is 0 Å². The van der Waals surface area contributed by atoms with Gasteiger partial charge in [-0.25, -0.2) is 5.84 Å². The minimum atomic E-state index is 0.0866. The van der Waals surface area contributed by atoms with Crippen LogP contribution in [-0.2, 0) is 4.79 Å². The third-order valence-electron chi connectivity index (χ3n) is 1.87. The van der Waals surface area contributed by atoms with Crippen molar-refractivity contribution in [1.29, 1.82) is 0 Å². The topological polar surface area (TPSA) is 96.7 Å². The molecule has 0 unspecified atom stereocenters. The van der Waals surface area contributed by atoms with Gasteiger partial charge in [0, 0.05) is 19.5 Å². The fourth-order valence-electron chi connectivity index (χ4n) is 1.05. The Morgan fingerprint density at radius 2 is 2.00 bits per heavy atom. The van der Waals surface area contributed by atoms with E-state index >= 15 is 0 Å². The third-order valence-corrected chi connectivity index (χ3v) is 1.87. The van der Waals surface area contributed by atoms with Crippen LogP contribution in [0.4, 0.5) is 0 Å². The number of hydrazine groups is 1. The van der Waals surface area contributed by atoms with Gasteiger partial charge in [-0.2, -0.15) is 0 Å². The zero-order valence-electron chi connectivity index (χ0n) is 8.79. The molecule has 82 valence electrons. The van der Waals surface area contributed by atoms with Crippen molar-refractivity contribution in [2.75, 3.05) is 19.6 Å². The molecule has 1 amide bonds. The number of guanidine groups is 1. The second-order valence-corrected chi connectivity index (χ2v) is 2.73. The van der Waals surface area contributed by atoms with Gasteiger partial charge in [0.25, 0.3) is 0 Å². The molecule has 0 fully saturated rings. The van der Waals surface area contributed by atoms with Gasteiger partial charge in [0.15, 0.2) is 0 Å². The molecule has 0 heterocycles. The van der Waals surface area contributed by atoms with Gasteiger partial charge >= 0.3 is 0 Å². The highest BCUT2D eigenvalue weighted by Gasteiger charge is 2.07. The summed E-state index contributed by atoms with van der Waals surface area (Å²) in [5.41, 5.74) is 7.49. The molecule has 0 saturated carbocycles. The van der Waals surface area contributed by atoms with E-state index in [4.69, 9.17) is 11.6 Å². The molecular weight excluding hydrogens is 182 g/mol. The number of aliphatic imine (C=N–C) groups is 1. The van der Waals surface area contributed by atoms with Crippen LogP contribution in [0.1, 0.15) is 20.3 Å². The second kappa shape index (κ2) is 7.14. The van der Waals surface area contributed by atoms with E-state index in [0.29, 0.717) is 13.0 Å². The Kier molecular flexibility index (Phi) is 6.47. The average molecular weight is 201 g/mol. The van der Waals surface area contributed by atoms with E-state index in [9.17, 15) is 4.79 Å². The summed E-state index contributed by atoms with van der Waals surface area (Å²) in [6.45, 7) is 5.71. The second-order valence-electron chi connectivity index (χ2n) is 2.73. The Morgan fingerprint density at radius 3 is 2.43 bits per heavy atom. The Hall–Kier alpha value is -1.30. The summed E-state index contributed by atoms with van der Waals surface area (Å²) in [7, 11) is 0. The first kappa shape index (κ1) is 12.7. The van der Waals surface area contributed by atoms with E-state index < -0.39 is 0 Å². The van der Waals surface area contributed by atoms with Crippen LogP contribution in [0, 0.1) is 0 Å². The number of nitrogens with two attached hydrogens (primary N) is 2. The summed E-state index contributed by atoms with van der Waals surface area (Å²) >= 11 is 0. The van der Waals surface area contributed by atoms with E-state index in [1.54, 1.807) is 4.90 Å². The lowest BCUT2D eigenvalue weighted by molar-refractivity contribution is -0.130. The Morgan fingerprint density at radius 1 is 1.43 bits per heavy atom. The first-order valence-electron chi connectivity index (χ1n) is 4.70. The zero-order chi connectivity index (χ0) is 11.0. The number of rotatable bonds is 5. The molecule has 0 spiro atoms. The molecule has 14 heavy (non-hydrogen) atoms. The molecule has 0 aliphatic heterocycles. The quantitative estimate of drug-likeness (QED) is 0.230. The van der Waals surface area contributed by atoms with E-state index in [-0.39, 0.29) is 11.9 Å². The molecule has 0 saturated heterocycles. The molecule has 0 bridgehead atoms. The Labute approximate surface area is 84.3 Å². The molecule has 6 heteroatoms. The van der Waals surface area contributed by atoms with Crippen LogP contribution >= 0.6 is 0 Å². The number of amides is 1. The van der Waals surface area contributed by atoms with Crippen molar-refractivity contribution in [3.63, 3.8) is 0 Å². The van der Waals surface area contributed by atoms with Crippen LogP contribution in [0.15, 0.2) is 4.99 Å². The van der Waals surface area contributed by atoms with E-state index in [0.717, 1.165) is 13.1 Å². The summed E-state index contributed by atoms with van der Waals surface area (Å²) in [4.78, 5) is 17.0. The lowest BCUT2D eigenvalue weighted by Gasteiger charge is -2.17. The number of hydrogen-bond acceptors (Lipinski definition) is 3. The van der Waals surface area contributed by atoms with Crippen LogP contribution in [0.5, 0.6) is 0 Å². The van der Waals surface area contributed by atoms with Crippen LogP contribution < -0.4 is 17.0 Å². The number of nitrogens with zero attached hydrogens (tertiary/aromatic N) is 2. The van der Waals surface area contributed by atoms with Crippen molar-refractivity contribution in [1.82, 2.24) is 10.3 Å². The highest BCUT2D eigenvalue weighted by molar-refractivity contribution is 5.79. The first-order chi connectivity index (χ1) is 6.65. The van der Waals surface area contributed by atoms with E-state index in [1.807, 2.05) is 13.8 Å². The highest BCUT2D eigenvalue weighted by atomic mass is 16.2. The summed E-state index contributed by atoms with van der Waals surface area (Å²) in [5, 5.41) is 0. The molecule has 0 atom stereocenters. The van der Waals surface area contributed by atoms with Crippen molar-refractivity contribution >= 4 is 11.9 Å². The van der Waals surface area contributed by atoms with Crippen LogP contribution in [0.25, 0.3) is 0 Å². The largest absolute Gasteiger partial charge is 0.369 e. The first-order valence-corrected chi connectivity index (χ1v) is 4.70. The summed E-state index contributed by atoms with van der Waals surface area (Å²) in [6, 6.07) is 0. The Balaban J connectivity index is 3.84. The maximum absolute atomic E-state index is 11.4. The monoisotopic (exact) mass is 201 g/mol. The van der Waals surface area contributed by atoms with Crippen molar-refractivity contribution in [2.24, 2.45) is 16.6 Å². The van der Waals surface area contributed by atoms with Gasteiger partial charge in [0.1, 0.15) is 0 Å². The summed E-state index contributed by atoms with van der Waals surface area (Å²) < 4.78 is 0. The normalized spacial score (nSPS) is 11.2. The fraction of sp³-hybridized carbons (Fsp3) is 0.750. The molecule has 0 aliphatic rings. The SMILES string of the molecule is CCN(CC)C(=O)CCN=C(N)NN. The third kappa shape index (κ3) is 4.66. The fourth-order valence-corrected chi connectivity index (χ4v) is 1.05. The molecule has 5 N–H and O–H groups in total. The van der Waals surface area contributed by atoms with Crippen LogP contribution in [0.2, 0.25) is 0 Å². The highest BCUT2D eigenvalue weighted by Crippen LogP contribution is 1.93. The van der Waals surface area contributed by atoms with Crippen molar-refractivity contribution in [3.05, 3.63) is 0 Å². The standard InChI is InChI=1S/C8H19N5O/c1-3-13(4-2)7(14)5-6-11-8(9)12-10/h3-6,10H2,1-2H3,(H3,9,11,12). The molecular formula is C8H19N5O. The minimum Gasteiger partial charge on any atom is -0.369 e. The van der Waals surface area contributed by atoms with Gasteiger partial charge in [-0.3, -0.25) is 15.2 Å². The molecule has 6 nitrogen and oxygen atoms in total. The molecule has 0 aromatic heterocycles. The van der Waals surface area contributed by atoms with Crippen molar-refractivity contribution in [2.45, 2.75) is 20.3 Å². The van der Waals surface area contributed by atoms with Gasteiger partial charge in [-0.1, -0.05) is 0 Å². The van der Waals surface area contributed by atoms with Crippen molar-refractivity contribution < 1.29 is 4.79 Å². The molecule has 0 aromatic rings. The van der Waals surface area contributed by atoms with Gasteiger partial charge in [0.05, 0.1) is 6.54 Å². The van der Waals surface area contributed by atoms with Crippen LogP contribution in [0.3, 0.4) is 0 Å². The predicted octanol–water partition coefficient (Wildman–Crippen LogP) is -0.977. The number of carbonyl (C=O) groups excluding carboxylic acids is 1. The molecule has 0 aliphatic carbocycles.